The molecule has 1 unspecified atom stereocenters. The molecule has 0 fully saturated rings. The second-order valence-electron chi connectivity index (χ2n) is 3.88. The van der Waals surface area contributed by atoms with Crippen LogP contribution in [0.5, 0.6) is 0 Å². The monoisotopic (exact) mass is 239 g/mol. The minimum atomic E-state index is -0.0795. The van der Waals surface area contributed by atoms with Crippen molar-refractivity contribution in [2.24, 2.45) is 5.92 Å². The molecule has 0 bridgehead atoms. The molecule has 0 aliphatic carbocycles. The van der Waals surface area contributed by atoms with Crippen molar-refractivity contribution in [3.63, 3.8) is 0 Å². The van der Waals surface area contributed by atoms with Crippen LogP contribution in [0.15, 0.2) is 35.5 Å². The molecule has 17 heavy (non-hydrogen) atoms. The van der Waals surface area contributed by atoms with Gasteiger partial charge in [-0.05, 0) is 33.3 Å². The average molecular weight is 239 g/mol. The van der Waals surface area contributed by atoms with Crippen molar-refractivity contribution in [2.45, 2.75) is 27.7 Å². The Bertz CT molecular complexity index is 314. The highest BCUT2D eigenvalue weighted by molar-refractivity contribution is 5.80. The maximum Gasteiger partial charge on any atom is 0.226 e. The number of hydrogen-bond acceptors (Lipinski definition) is 2. The van der Waals surface area contributed by atoms with Gasteiger partial charge in [-0.25, -0.2) is 0 Å². The number of aliphatic hydroxyl groups is 1. The van der Waals surface area contributed by atoms with E-state index in [9.17, 15) is 4.79 Å². The molecule has 3 heteroatoms. The number of hydrogen-bond donors (Lipinski definition) is 2. The van der Waals surface area contributed by atoms with Gasteiger partial charge in [0, 0.05) is 14.2 Å². The van der Waals surface area contributed by atoms with Crippen LogP contribution in [-0.2, 0) is 4.79 Å². The van der Waals surface area contributed by atoms with E-state index in [2.05, 4.69) is 11.9 Å². The van der Waals surface area contributed by atoms with E-state index in [1.54, 1.807) is 7.05 Å². The summed E-state index contributed by atoms with van der Waals surface area (Å²) < 4.78 is 0. The Morgan fingerprint density at radius 2 is 1.71 bits per heavy atom. The summed E-state index contributed by atoms with van der Waals surface area (Å²) in [5, 5.41) is 9.64. The highest BCUT2D eigenvalue weighted by Gasteiger charge is 2.11. The van der Waals surface area contributed by atoms with Crippen LogP contribution in [-0.4, -0.2) is 25.2 Å². The van der Waals surface area contributed by atoms with Crippen LogP contribution < -0.4 is 5.32 Å². The van der Waals surface area contributed by atoms with E-state index < -0.39 is 0 Å². The fourth-order valence-electron chi connectivity index (χ4n) is 0.966. The maximum atomic E-state index is 11.3. The zero-order valence-corrected chi connectivity index (χ0v) is 11.8. The summed E-state index contributed by atoms with van der Waals surface area (Å²) in [7, 11) is 2.65. The minimum absolute atomic E-state index is 0.0464. The molecule has 0 spiro atoms. The molecule has 0 aromatic rings. The number of carbonyl (C=O) groups is 1. The molecule has 0 rings (SSSR count). The van der Waals surface area contributed by atoms with Crippen LogP contribution >= 0.6 is 0 Å². The lowest BCUT2D eigenvalue weighted by Crippen LogP contribution is -2.25. The molecule has 1 atom stereocenters. The molecule has 3 nitrogen and oxygen atoms in total. The molecule has 0 saturated heterocycles. The largest absolute Gasteiger partial charge is 0.400 e. The Kier molecular flexibility index (Phi) is 10.4. The lowest BCUT2D eigenvalue weighted by atomic mass is 10.0. The fourth-order valence-corrected chi connectivity index (χ4v) is 0.966. The van der Waals surface area contributed by atoms with E-state index in [1.807, 2.05) is 39.8 Å². The smallest absolute Gasteiger partial charge is 0.226 e. The van der Waals surface area contributed by atoms with Crippen LogP contribution in [0, 0.1) is 5.92 Å². The summed E-state index contributed by atoms with van der Waals surface area (Å²) in [5.41, 5.74) is 3.24. The van der Waals surface area contributed by atoms with Crippen LogP contribution in [0.4, 0.5) is 0 Å². The lowest BCUT2D eigenvalue weighted by molar-refractivity contribution is -0.122. The zero-order valence-electron chi connectivity index (χ0n) is 11.8. The normalized spacial score (nSPS) is 13.4. The van der Waals surface area contributed by atoms with Crippen molar-refractivity contribution in [3.8, 4) is 0 Å². The molecule has 0 aliphatic heterocycles. The van der Waals surface area contributed by atoms with Crippen molar-refractivity contribution in [3.05, 3.63) is 35.5 Å². The predicted octanol–water partition coefficient (Wildman–Crippen LogP) is 2.45. The average Bonchev–Trinajstić information content (AvgIpc) is 2.35. The van der Waals surface area contributed by atoms with Crippen molar-refractivity contribution < 1.29 is 9.90 Å². The highest BCUT2D eigenvalue weighted by atomic mass is 16.2. The number of aliphatic hydroxyl groups excluding tert-OH is 1. The number of amides is 1. The number of rotatable bonds is 4. The molecule has 0 radical (unpaired) electrons. The van der Waals surface area contributed by atoms with E-state index in [0.717, 1.165) is 23.8 Å². The molecule has 0 aromatic carbocycles. The number of nitrogens with one attached hydrogen (secondary N) is 1. The molecule has 0 heterocycles. The Balaban J connectivity index is 0. The van der Waals surface area contributed by atoms with Gasteiger partial charge in [0.2, 0.25) is 5.91 Å². The van der Waals surface area contributed by atoms with Gasteiger partial charge in [-0.3, -0.25) is 4.79 Å². The first-order chi connectivity index (χ1) is 7.90. The first kappa shape index (κ1) is 18.0. The quantitative estimate of drug-likeness (QED) is 0.740. The molecule has 2 N–H and O–H groups in total. The first-order valence-corrected chi connectivity index (χ1v) is 5.57. The SMILES string of the molecule is C=C(C)/C(C)=C/C=C(\C)C(C)C(=O)NC.CO. The van der Waals surface area contributed by atoms with Crippen LogP contribution in [0.25, 0.3) is 0 Å². The van der Waals surface area contributed by atoms with Gasteiger partial charge in [0.05, 0.1) is 5.92 Å². The first-order valence-electron chi connectivity index (χ1n) is 5.57. The highest BCUT2D eigenvalue weighted by Crippen LogP contribution is 2.12. The van der Waals surface area contributed by atoms with Gasteiger partial charge in [-0.1, -0.05) is 29.9 Å². The third-order valence-electron chi connectivity index (χ3n) is 2.59. The number of carbonyl (C=O) groups excluding carboxylic acids is 1. The molecule has 98 valence electrons. The standard InChI is InChI=1S/C13H21NO.CH4O/c1-9(2)10(3)7-8-11(4)12(5)13(15)14-6;1-2/h7-8,12H,1H2,2-6H3,(H,14,15);2H,1H3/b10-7+,11-8+;. The molecule has 1 amide bonds. The number of allylic oxidation sites excluding steroid dienone is 4. The summed E-state index contributed by atoms with van der Waals surface area (Å²) in [6.45, 7) is 11.7. The van der Waals surface area contributed by atoms with E-state index in [0.29, 0.717) is 0 Å². The zero-order chi connectivity index (χ0) is 14.0. The van der Waals surface area contributed by atoms with E-state index >= 15 is 0 Å². The molecular formula is C14H25NO2. The molecule has 0 aromatic heterocycles. The van der Waals surface area contributed by atoms with Crippen molar-refractivity contribution in [1.82, 2.24) is 5.32 Å². The van der Waals surface area contributed by atoms with Crippen LogP contribution in [0.3, 0.4) is 0 Å². The Labute approximate surface area is 105 Å². The predicted molar refractivity (Wildman–Crippen MR) is 73.7 cm³/mol. The van der Waals surface area contributed by atoms with Gasteiger partial charge in [0.15, 0.2) is 0 Å². The summed E-state index contributed by atoms with van der Waals surface area (Å²) in [6.07, 6.45) is 3.97. The second kappa shape index (κ2) is 9.85. The summed E-state index contributed by atoms with van der Waals surface area (Å²) in [6, 6.07) is 0. The minimum Gasteiger partial charge on any atom is -0.400 e. The summed E-state index contributed by atoms with van der Waals surface area (Å²) >= 11 is 0. The molecule has 0 aliphatic rings. The summed E-state index contributed by atoms with van der Waals surface area (Å²) in [4.78, 5) is 11.3. The third-order valence-corrected chi connectivity index (χ3v) is 2.59. The van der Waals surface area contributed by atoms with Gasteiger partial charge in [0.25, 0.3) is 0 Å². The molecule has 0 saturated carbocycles. The third kappa shape index (κ3) is 7.53. The molecular weight excluding hydrogens is 214 g/mol. The van der Waals surface area contributed by atoms with E-state index in [1.165, 1.54) is 0 Å². The Morgan fingerprint density at radius 1 is 1.24 bits per heavy atom. The van der Waals surface area contributed by atoms with Gasteiger partial charge in [0.1, 0.15) is 0 Å². The van der Waals surface area contributed by atoms with Gasteiger partial charge >= 0.3 is 0 Å². The second-order valence-corrected chi connectivity index (χ2v) is 3.88. The Morgan fingerprint density at radius 3 is 2.06 bits per heavy atom. The van der Waals surface area contributed by atoms with Crippen LogP contribution in [0.2, 0.25) is 0 Å². The lowest BCUT2D eigenvalue weighted by Gasteiger charge is -2.09. The van der Waals surface area contributed by atoms with E-state index in [-0.39, 0.29) is 11.8 Å². The maximum absolute atomic E-state index is 11.3. The Hall–Kier alpha value is -1.35. The van der Waals surface area contributed by atoms with Gasteiger partial charge in [-0.2, -0.15) is 0 Å². The van der Waals surface area contributed by atoms with Gasteiger partial charge < -0.3 is 10.4 Å². The summed E-state index contributed by atoms with van der Waals surface area (Å²) in [5.74, 6) is -0.0331. The van der Waals surface area contributed by atoms with Crippen molar-refractivity contribution in [2.75, 3.05) is 14.2 Å². The van der Waals surface area contributed by atoms with Crippen LogP contribution in [0.1, 0.15) is 27.7 Å². The topological polar surface area (TPSA) is 49.3 Å². The van der Waals surface area contributed by atoms with E-state index in [4.69, 9.17) is 5.11 Å². The fraction of sp³-hybridized carbons (Fsp3) is 0.500. The van der Waals surface area contributed by atoms with Gasteiger partial charge in [-0.15, -0.1) is 0 Å². The van der Waals surface area contributed by atoms with Crippen molar-refractivity contribution >= 4 is 5.91 Å². The van der Waals surface area contributed by atoms with Crippen molar-refractivity contribution in [1.29, 1.82) is 0 Å².